The van der Waals surface area contributed by atoms with E-state index in [1.165, 1.54) is 31.2 Å². The Morgan fingerprint density at radius 3 is 2.50 bits per heavy atom. The number of ether oxygens (including phenoxy) is 1. The molecule has 1 saturated heterocycles. The first-order valence-electron chi connectivity index (χ1n) is 10.2. The van der Waals surface area contributed by atoms with E-state index in [-0.39, 0.29) is 30.0 Å². The smallest absolute Gasteiger partial charge is 0.387 e. The highest BCUT2D eigenvalue weighted by Gasteiger charge is 2.49. The fourth-order valence-corrected chi connectivity index (χ4v) is 3.55. The van der Waals surface area contributed by atoms with Crippen molar-refractivity contribution in [2.45, 2.75) is 32.5 Å². The third-order valence-electron chi connectivity index (χ3n) is 5.32. The highest BCUT2D eigenvalue weighted by Crippen LogP contribution is 2.31. The van der Waals surface area contributed by atoms with Crippen LogP contribution in [0.1, 0.15) is 23.9 Å². The second kappa shape index (κ2) is 8.89. The molecular weight excluding hydrogens is 448 g/mol. The van der Waals surface area contributed by atoms with E-state index >= 15 is 0 Å². The van der Waals surface area contributed by atoms with Gasteiger partial charge in [-0.3, -0.25) is 9.69 Å². The standard InChI is InChI=1S/C22H21F2N7O3/c1-12-5-3-4-6-15(12)26-20-28-16(27-19(25)29-20)11-31-17(32)22(2,30-21(31)33)13-7-9-14(10-8-13)34-18(23)24/h3-10,18H,11H2,1-2H3,(H,30,33)(H3,25,26,27,28,29). The fourth-order valence-electron chi connectivity index (χ4n) is 3.55. The maximum Gasteiger partial charge on any atom is 0.387 e. The molecule has 0 spiro atoms. The molecule has 1 unspecified atom stereocenters. The van der Waals surface area contributed by atoms with E-state index in [0.29, 0.717) is 5.56 Å². The molecule has 2 heterocycles. The fraction of sp³-hybridized carbons (Fsp3) is 0.227. The quantitative estimate of drug-likeness (QED) is 0.449. The summed E-state index contributed by atoms with van der Waals surface area (Å²) in [5.74, 6) is -0.429. The number of imide groups is 1. The summed E-state index contributed by atoms with van der Waals surface area (Å²) in [6, 6.07) is 12.3. The van der Waals surface area contributed by atoms with Crippen LogP contribution in [0.3, 0.4) is 0 Å². The summed E-state index contributed by atoms with van der Waals surface area (Å²) in [4.78, 5) is 39.2. The van der Waals surface area contributed by atoms with Crippen molar-refractivity contribution in [3.63, 3.8) is 0 Å². The second-order valence-corrected chi connectivity index (χ2v) is 7.72. The number of carbonyl (C=O) groups excluding carboxylic acids is 2. The number of carbonyl (C=O) groups is 2. The minimum Gasteiger partial charge on any atom is -0.435 e. The number of para-hydroxylation sites is 1. The molecule has 176 valence electrons. The molecule has 1 fully saturated rings. The molecule has 2 aromatic carbocycles. The molecule has 4 rings (SSSR count). The van der Waals surface area contributed by atoms with Crippen molar-refractivity contribution in [2.24, 2.45) is 0 Å². The maximum absolute atomic E-state index is 13.2. The lowest BCUT2D eigenvalue weighted by molar-refractivity contribution is -0.131. The van der Waals surface area contributed by atoms with Crippen LogP contribution in [-0.4, -0.2) is 38.4 Å². The molecule has 1 aromatic heterocycles. The molecule has 0 aliphatic carbocycles. The predicted octanol–water partition coefficient (Wildman–Crippen LogP) is 3.07. The van der Waals surface area contributed by atoms with Gasteiger partial charge in [0.1, 0.15) is 11.3 Å². The maximum atomic E-state index is 13.2. The van der Waals surface area contributed by atoms with Crippen molar-refractivity contribution < 1.29 is 23.1 Å². The van der Waals surface area contributed by atoms with Crippen LogP contribution in [0.4, 0.5) is 31.2 Å². The van der Waals surface area contributed by atoms with E-state index in [4.69, 9.17) is 5.73 Å². The number of aromatic nitrogens is 3. The van der Waals surface area contributed by atoms with E-state index in [1.807, 2.05) is 31.2 Å². The Bertz CT molecular complexity index is 1240. The predicted molar refractivity (Wildman–Crippen MR) is 118 cm³/mol. The van der Waals surface area contributed by atoms with Crippen molar-refractivity contribution in [3.8, 4) is 5.75 Å². The topological polar surface area (TPSA) is 135 Å². The number of nitrogen functional groups attached to an aromatic ring is 1. The minimum absolute atomic E-state index is 0.0645. The van der Waals surface area contributed by atoms with E-state index in [9.17, 15) is 18.4 Å². The molecule has 10 nitrogen and oxygen atoms in total. The van der Waals surface area contributed by atoms with Crippen LogP contribution in [0.25, 0.3) is 0 Å². The zero-order chi connectivity index (χ0) is 24.5. The highest BCUT2D eigenvalue weighted by atomic mass is 19.3. The van der Waals surface area contributed by atoms with Gasteiger partial charge in [0, 0.05) is 5.69 Å². The number of nitrogens with one attached hydrogen (secondary N) is 2. The molecule has 0 bridgehead atoms. The van der Waals surface area contributed by atoms with Gasteiger partial charge < -0.3 is 21.1 Å². The van der Waals surface area contributed by atoms with Gasteiger partial charge in [0.15, 0.2) is 5.82 Å². The van der Waals surface area contributed by atoms with Gasteiger partial charge in [-0.2, -0.15) is 23.7 Å². The largest absolute Gasteiger partial charge is 0.435 e. The average molecular weight is 469 g/mol. The molecule has 4 N–H and O–H groups in total. The lowest BCUT2D eigenvalue weighted by Gasteiger charge is -2.22. The number of amides is 3. The van der Waals surface area contributed by atoms with Crippen LogP contribution in [-0.2, 0) is 16.9 Å². The number of urea groups is 1. The third-order valence-corrected chi connectivity index (χ3v) is 5.32. The number of hydrogen-bond acceptors (Lipinski definition) is 8. The first-order valence-corrected chi connectivity index (χ1v) is 10.2. The Kier molecular flexibility index (Phi) is 5.97. The average Bonchev–Trinajstić information content (AvgIpc) is 2.99. The number of anilines is 3. The number of hydrogen-bond donors (Lipinski definition) is 3. The number of nitrogens with two attached hydrogens (primary N) is 1. The van der Waals surface area contributed by atoms with E-state index < -0.39 is 24.1 Å². The molecule has 0 saturated carbocycles. The van der Waals surface area contributed by atoms with E-state index in [1.54, 1.807) is 0 Å². The van der Waals surface area contributed by atoms with Gasteiger partial charge in [0.2, 0.25) is 11.9 Å². The normalized spacial score (nSPS) is 17.7. The molecule has 1 aliphatic heterocycles. The number of rotatable bonds is 7. The molecule has 12 heteroatoms. The first-order chi connectivity index (χ1) is 16.2. The van der Waals surface area contributed by atoms with Crippen LogP contribution in [0.2, 0.25) is 0 Å². The summed E-state index contributed by atoms with van der Waals surface area (Å²) in [7, 11) is 0. The molecule has 3 amide bonds. The lowest BCUT2D eigenvalue weighted by atomic mass is 9.92. The Morgan fingerprint density at radius 1 is 1.12 bits per heavy atom. The van der Waals surface area contributed by atoms with Crippen molar-refractivity contribution in [2.75, 3.05) is 11.1 Å². The van der Waals surface area contributed by atoms with E-state index in [2.05, 4.69) is 30.3 Å². The van der Waals surface area contributed by atoms with Crippen molar-refractivity contribution in [3.05, 3.63) is 65.5 Å². The van der Waals surface area contributed by atoms with Gasteiger partial charge in [0.05, 0.1) is 6.54 Å². The third kappa shape index (κ3) is 4.56. The molecule has 3 aromatic rings. The number of benzene rings is 2. The van der Waals surface area contributed by atoms with Gasteiger partial charge in [-0.1, -0.05) is 30.3 Å². The van der Waals surface area contributed by atoms with Gasteiger partial charge >= 0.3 is 12.6 Å². The zero-order valence-electron chi connectivity index (χ0n) is 18.3. The zero-order valence-corrected chi connectivity index (χ0v) is 18.3. The Hall–Kier alpha value is -4.35. The van der Waals surface area contributed by atoms with Crippen molar-refractivity contribution in [1.82, 2.24) is 25.2 Å². The van der Waals surface area contributed by atoms with Crippen LogP contribution in [0.15, 0.2) is 48.5 Å². The Balaban J connectivity index is 1.54. The number of halogens is 2. The molecule has 1 aliphatic rings. The summed E-state index contributed by atoms with van der Waals surface area (Å²) in [5, 5.41) is 5.68. The Morgan fingerprint density at radius 2 is 1.82 bits per heavy atom. The summed E-state index contributed by atoms with van der Waals surface area (Å²) in [6.45, 7) is 0.210. The highest BCUT2D eigenvalue weighted by molar-refractivity contribution is 6.07. The number of alkyl halides is 2. The number of aryl methyl sites for hydroxylation is 1. The van der Waals surface area contributed by atoms with Gasteiger partial charge in [0.25, 0.3) is 5.91 Å². The molecule has 1 atom stereocenters. The van der Waals surface area contributed by atoms with Crippen LogP contribution < -0.4 is 21.1 Å². The first kappa shape index (κ1) is 22.8. The molecule has 0 radical (unpaired) electrons. The minimum atomic E-state index is -2.97. The van der Waals surface area contributed by atoms with Gasteiger partial charge in [-0.15, -0.1) is 0 Å². The van der Waals surface area contributed by atoms with Crippen molar-refractivity contribution in [1.29, 1.82) is 0 Å². The van der Waals surface area contributed by atoms with E-state index in [0.717, 1.165) is 16.2 Å². The van der Waals surface area contributed by atoms with Crippen LogP contribution in [0, 0.1) is 6.92 Å². The van der Waals surface area contributed by atoms with Crippen LogP contribution >= 0.6 is 0 Å². The second-order valence-electron chi connectivity index (χ2n) is 7.72. The summed E-state index contributed by atoms with van der Waals surface area (Å²) in [6.07, 6.45) is 0. The van der Waals surface area contributed by atoms with Crippen LogP contribution in [0.5, 0.6) is 5.75 Å². The number of nitrogens with zero attached hydrogens (tertiary/aromatic N) is 4. The summed E-state index contributed by atoms with van der Waals surface area (Å²) in [5.41, 5.74) is 6.52. The van der Waals surface area contributed by atoms with Gasteiger partial charge in [-0.05, 0) is 43.2 Å². The Labute approximate surface area is 193 Å². The summed E-state index contributed by atoms with van der Waals surface area (Å²) >= 11 is 0. The molecular formula is C22H21F2N7O3. The van der Waals surface area contributed by atoms with Gasteiger partial charge in [-0.25, -0.2) is 4.79 Å². The SMILES string of the molecule is Cc1ccccc1Nc1nc(N)nc(CN2C(=O)NC(C)(c3ccc(OC(F)F)cc3)C2=O)n1. The summed E-state index contributed by atoms with van der Waals surface area (Å²) < 4.78 is 29.1. The molecule has 34 heavy (non-hydrogen) atoms. The monoisotopic (exact) mass is 469 g/mol. The lowest BCUT2D eigenvalue weighted by Crippen LogP contribution is -2.40. The van der Waals surface area contributed by atoms with Crippen molar-refractivity contribution >= 4 is 29.5 Å².